The maximum atomic E-state index is 12.4. The number of nitro benzene ring substituents is 1. The minimum atomic E-state index is -1.02. The summed E-state index contributed by atoms with van der Waals surface area (Å²) >= 11 is 0. The Hall–Kier alpha value is -2.97. The van der Waals surface area contributed by atoms with Crippen LogP contribution in [0.15, 0.2) is 24.3 Å². The van der Waals surface area contributed by atoms with Gasteiger partial charge in [0, 0.05) is 30.3 Å². The quantitative estimate of drug-likeness (QED) is 0.538. The summed E-state index contributed by atoms with van der Waals surface area (Å²) in [6, 6.07) is 4.04. The van der Waals surface area contributed by atoms with Gasteiger partial charge in [0.05, 0.1) is 11.3 Å². The molecule has 1 aromatic rings. The second-order valence-corrected chi connectivity index (χ2v) is 5.77. The zero-order chi connectivity index (χ0) is 19.1. The monoisotopic (exact) mass is 351 g/mol. The Bertz CT molecular complexity index is 674. The fourth-order valence-electron chi connectivity index (χ4n) is 2.19. The normalized spacial score (nSPS) is 11.7. The van der Waals surface area contributed by atoms with E-state index in [9.17, 15) is 24.5 Å². The van der Waals surface area contributed by atoms with Gasteiger partial charge in [0.15, 0.2) is 0 Å². The summed E-state index contributed by atoms with van der Waals surface area (Å²) in [4.78, 5) is 46.9. The fourth-order valence-corrected chi connectivity index (χ4v) is 2.19. The molecule has 0 aliphatic heterocycles. The molecule has 1 aromatic carbocycles. The molecule has 9 nitrogen and oxygen atoms in total. The van der Waals surface area contributed by atoms with Crippen LogP contribution in [0.3, 0.4) is 0 Å². The lowest BCUT2D eigenvalue weighted by atomic mass is 10.1. The number of non-ortho nitro benzene ring substituents is 1. The SMILES string of the molecule is CC(NC(=O)c1cccc([N+](=O)[O-])c1)C(=O)N(CCC(=O)O)C(C)C. The molecular weight excluding hydrogens is 330 g/mol. The van der Waals surface area contributed by atoms with Crippen LogP contribution in [-0.2, 0) is 9.59 Å². The number of carbonyl (C=O) groups is 3. The first-order valence-electron chi connectivity index (χ1n) is 7.71. The lowest BCUT2D eigenvalue weighted by molar-refractivity contribution is -0.384. The molecule has 2 amide bonds. The van der Waals surface area contributed by atoms with Gasteiger partial charge in [0.2, 0.25) is 5.91 Å². The lowest BCUT2D eigenvalue weighted by Gasteiger charge is -2.29. The van der Waals surface area contributed by atoms with Gasteiger partial charge in [-0.1, -0.05) is 6.07 Å². The fraction of sp³-hybridized carbons (Fsp3) is 0.438. The number of rotatable bonds is 8. The Balaban J connectivity index is 2.81. The Morgan fingerprint density at radius 2 is 1.92 bits per heavy atom. The van der Waals surface area contributed by atoms with Crippen LogP contribution in [0.2, 0.25) is 0 Å². The number of aliphatic carboxylic acids is 1. The predicted octanol–water partition coefficient (Wildman–Crippen LogP) is 1.42. The van der Waals surface area contributed by atoms with E-state index >= 15 is 0 Å². The molecule has 25 heavy (non-hydrogen) atoms. The largest absolute Gasteiger partial charge is 0.481 e. The smallest absolute Gasteiger partial charge is 0.305 e. The van der Waals surface area contributed by atoms with Gasteiger partial charge >= 0.3 is 5.97 Å². The average molecular weight is 351 g/mol. The van der Waals surface area contributed by atoms with Crippen LogP contribution in [0.5, 0.6) is 0 Å². The van der Waals surface area contributed by atoms with E-state index in [0.717, 1.165) is 6.07 Å². The van der Waals surface area contributed by atoms with Gasteiger partial charge < -0.3 is 15.3 Å². The molecule has 0 saturated heterocycles. The molecule has 1 rings (SSSR count). The van der Waals surface area contributed by atoms with Gasteiger partial charge in [-0.3, -0.25) is 24.5 Å². The zero-order valence-corrected chi connectivity index (χ0v) is 14.3. The minimum Gasteiger partial charge on any atom is -0.481 e. The molecule has 0 saturated carbocycles. The summed E-state index contributed by atoms with van der Waals surface area (Å²) in [5.74, 6) is -2.06. The number of hydrogen-bond donors (Lipinski definition) is 2. The number of carboxylic acids is 1. The molecule has 9 heteroatoms. The molecule has 0 aliphatic rings. The van der Waals surface area contributed by atoms with Crippen LogP contribution in [0.4, 0.5) is 5.69 Å². The van der Waals surface area contributed by atoms with Gasteiger partial charge in [-0.25, -0.2) is 0 Å². The molecule has 0 spiro atoms. The van der Waals surface area contributed by atoms with Crippen molar-refractivity contribution < 1.29 is 24.4 Å². The Labute approximate surface area is 144 Å². The van der Waals surface area contributed by atoms with E-state index in [-0.39, 0.29) is 30.3 Å². The third kappa shape index (κ3) is 5.87. The van der Waals surface area contributed by atoms with E-state index in [0.29, 0.717) is 0 Å². The topological polar surface area (TPSA) is 130 Å². The number of nitrogens with one attached hydrogen (secondary N) is 1. The molecule has 0 heterocycles. The molecule has 1 unspecified atom stereocenters. The maximum absolute atomic E-state index is 12.4. The lowest BCUT2D eigenvalue weighted by Crippen LogP contribution is -2.49. The van der Waals surface area contributed by atoms with Gasteiger partial charge in [0.25, 0.3) is 11.6 Å². The number of carbonyl (C=O) groups excluding carboxylic acids is 2. The minimum absolute atomic E-state index is 0.0306. The van der Waals surface area contributed by atoms with Crippen molar-refractivity contribution in [3.63, 3.8) is 0 Å². The van der Waals surface area contributed by atoms with Crippen molar-refractivity contribution in [2.24, 2.45) is 0 Å². The van der Waals surface area contributed by atoms with Crippen LogP contribution in [0.25, 0.3) is 0 Å². The first-order valence-corrected chi connectivity index (χ1v) is 7.71. The van der Waals surface area contributed by atoms with E-state index in [2.05, 4.69) is 5.32 Å². The standard InChI is InChI=1S/C16H21N3O6/c1-10(2)18(8-7-14(20)21)16(23)11(3)17-15(22)12-5-4-6-13(9-12)19(24)25/h4-6,9-11H,7-8H2,1-3H3,(H,17,22)(H,20,21). The first kappa shape index (κ1) is 20.1. The van der Waals surface area contributed by atoms with Crippen LogP contribution in [0.1, 0.15) is 37.6 Å². The number of amides is 2. The second-order valence-electron chi connectivity index (χ2n) is 5.77. The van der Waals surface area contributed by atoms with Crippen molar-refractivity contribution >= 4 is 23.5 Å². The third-order valence-electron chi connectivity index (χ3n) is 3.51. The predicted molar refractivity (Wildman–Crippen MR) is 89.1 cm³/mol. The maximum Gasteiger partial charge on any atom is 0.305 e. The van der Waals surface area contributed by atoms with Crippen LogP contribution in [-0.4, -0.2) is 51.3 Å². The van der Waals surface area contributed by atoms with E-state index in [4.69, 9.17) is 5.11 Å². The molecule has 1 atom stereocenters. The highest BCUT2D eigenvalue weighted by molar-refractivity contribution is 5.97. The van der Waals surface area contributed by atoms with Crippen molar-refractivity contribution in [3.05, 3.63) is 39.9 Å². The highest BCUT2D eigenvalue weighted by atomic mass is 16.6. The van der Waals surface area contributed by atoms with Crippen molar-refractivity contribution in [2.75, 3.05) is 6.54 Å². The van der Waals surface area contributed by atoms with Gasteiger partial charge in [0.1, 0.15) is 6.04 Å². The molecule has 0 aliphatic carbocycles. The number of nitro groups is 1. The highest BCUT2D eigenvalue weighted by Crippen LogP contribution is 2.13. The first-order chi connectivity index (χ1) is 11.6. The summed E-state index contributed by atoms with van der Waals surface area (Å²) in [7, 11) is 0. The summed E-state index contributed by atoms with van der Waals surface area (Å²) in [5, 5.41) is 22.0. The van der Waals surface area contributed by atoms with E-state index in [1.165, 1.54) is 30.0 Å². The Kier molecular flexibility index (Phi) is 7.04. The van der Waals surface area contributed by atoms with Gasteiger partial charge in [-0.05, 0) is 26.8 Å². The Morgan fingerprint density at radius 3 is 2.44 bits per heavy atom. The summed E-state index contributed by atoms with van der Waals surface area (Å²) in [5.41, 5.74) is -0.160. The van der Waals surface area contributed by atoms with E-state index < -0.39 is 28.7 Å². The number of benzene rings is 1. The van der Waals surface area contributed by atoms with E-state index in [1.54, 1.807) is 13.8 Å². The van der Waals surface area contributed by atoms with Crippen molar-refractivity contribution in [1.29, 1.82) is 0 Å². The van der Waals surface area contributed by atoms with E-state index in [1.807, 2.05) is 0 Å². The number of carboxylic acid groups (broad SMARTS) is 1. The molecular formula is C16H21N3O6. The Morgan fingerprint density at radius 1 is 1.28 bits per heavy atom. The molecule has 0 radical (unpaired) electrons. The van der Waals surface area contributed by atoms with Crippen LogP contribution < -0.4 is 5.32 Å². The molecule has 136 valence electrons. The van der Waals surface area contributed by atoms with Gasteiger partial charge in [-0.2, -0.15) is 0 Å². The summed E-state index contributed by atoms with van der Waals surface area (Å²) in [6.45, 7) is 5.00. The zero-order valence-electron chi connectivity index (χ0n) is 14.3. The second kappa shape index (κ2) is 8.76. The average Bonchev–Trinajstić information content (AvgIpc) is 2.54. The molecule has 0 fully saturated rings. The molecule has 0 aromatic heterocycles. The summed E-state index contributed by atoms with van der Waals surface area (Å²) < 4.78 is 0. The van der Waals surface area contributed by atoms with Crippen LogP contribution >= 0.6 is 0 Å². The van der Waals surface area contributed by atoms with Crippen molar-refractivity contribution in [3.8, 4) is 0 Å². The van der Waals surface area contributed by atoms with Crippen LogP contribution in [0, 0.1) is 10.1 Å². The third-order valence-corrected chi connectivity index (χ3v) is 3.51. The highest BCUT2D eigenvalue weighted by Gasteiger charge is 2.25. The molecule has 0 bridgehead atoms. The van der Waals surface area contributed by atoms with Crippen molar-refractivity contribution in [2.45, 2.75) is 39.3 Å². The number of nitrogens with zero attached hydrogens (tertiary/aromatic N) is 2. The van der Waals surface area contributed by atoms with Gasteiger partial charge in [-0.15, -0.1) is 0 Å². The molecule has 2 N–H and O–H groups in total. The number of hydrogen-bond acceptors (Lipinski definition) is 5. The summed E-state index contributed by atoms with van der Waals surface area (Å²) in [6.07, 6.45) is -0.199. The van der Waals surface area contributed by atoms with Crippen molar-refractivity contribution in [1.82, 2.24) is 10.2 Å².